The van der Waals surface area contributed by atoms with Gasteiger partial charge < -0.3 is 4.42 Å². The zero-order chi connectivity index (χ0) is 7.40. The van der Waals surface area contributed by atoms with Gasteiger partial charge in [0.1, 0.15) is 5.76 Å². The lowest BCUT2D eigenvalue weighted by Gasteiger charge is -1.93. The first kappa shape index (κ1) is 7.13. The molecule has 0 bridgehead atoms. The van der Waals surface area contributed by atoms with Gasteiger partial charge in [0.2, 0.25) is 0 Å². The number of allylic oxidation sites excluding steroid dienone is 2. The van der Waals surface area contributed by atoms with Gasteiger partial charge >= 0.3 is 0 Å². The maximum absolute atomic E-state index is 5.17. The molecule has 1 aromatic rings. The summed E-state index contributed by atoms with van der Waals surface area (Å²) in [5.41, 5.74) is 1.34. The van der Waals surface area contributed by atoms with E-state index in [4.69, 9.17) is 4.42 Å². The molecular weight excluding hydrogens is 124 g/mol. The molecule has 1 rings (SSSR count). The van der Waals surface area contributed by atoms with Crippen LogP contribution in [0.3, 0.4) is 0 Å². The first-order valence-corrected chi connectivity index (χ1v) is 3.47. The molecule has 0 fully saturated rings. The zero-order valence-corrected chi connectivity index (χ0v) is 6.42. The lowest BCUT2D eigenvalue weighted by molar-refractivity contribution is 0.519. The van der Waals surface area contributed by atoms with E-state index >= 15 is 0 Å². The highest BCUT2D eigenvalue weighted by atomic mass is 16.3. The van der Waals surface area contributed by atoms with Crippen molar-refractivity contribution >= 4 is 0 Å². The Morgan fingerprint density at radius 2 is 2.50 bits per heavy atom. The fourth-order valence-electron chi connectivity index (χ4n) is 0.790. The molecule has 0 spiro atoms. The maximum Gasteiger partial charge on any atom is 0.107 e. The van der Waals surface area contributed by atoms with Gasteiger partial charge in [-0.3, -0.25) is 0 Å². The molecule has 0 unspecified atom stereocenters. The first-order chi connectivity index (χ1) is 4.83. The Kier molecular flexibility index (Phi) is 2.32. The summed E-state index contributed by atoms with van der Waals surface area (Å²) >= 11 is 0. The van der Waals surface area contributed by atoms with Gasteiger partial charge in [-0.25, -0.2) is 0 Å². The normalized spacial score (nSPS) is 12.0. The summed E-state index contributed by atoms with van der Waals surface area (Å²) in [6.45, 7) is 4.14. The van der Waals surface area contributed by atoms with Crippen molar-refractivity contribution in [2.75, 3.05) is 0 Å². The molecule has 0 N–H and O–H groups in total. The summed E-state index contributed by atoms with van der Waals surface area (Å²) in [7, 11) is 0. The minimum atomic E-state index is 0.934. The molecule has 10 heavy (non-hydrogen) atoms. The smallest absolute Gasteiger partial charge is 0.107 e. The van der Waals surface area contributed by atoms with Crippen LogP contribution in [0.1, 0.15) is 19.6 Å². The molecule has 0 amide bonds. The van der Waals surface area contributed by atoms with Crippen molar-refractivity contribution in [1.82, 2.24) is 0 Å². The monoisotopic (exact) mass is 136 g/mol. The molecular formula is C9H12O. The van der Waals surface area contributed by atoms with E-state index in [-0.39, 0.29) is 0 Å². The summed E-state index contributed by atoms with van der Waals surface area (Å²) in [5.74, 6) is 1.04. The van der Waals surface area contributed by atoms with Crippen LogP contribution in [0.25, 0.3) is 0 Å². The molecule has 0 aliphatic rings. The van der Waals surface area contributed by atoms with Crippen molar-refractivity contribution in [2.45, 2.75) is 20.3 Å². The molecule has 1 heteroatoms. The Bertz CT molecular complexity index is 207. The summed E-state index contributed by atoms with van der Waals surface area (Å²) in [5, 5.41) is 0. The van der Waals surface area contributed by atoms with Gasteiger partial charge in [0.25, 0.3) is 0 Å². The second-order valence-electron chi connectivity index (χ2n) is 2.39. The minimum Gasteiger partial charge on any atom is -0.469 e. The number of hydrogen-bond acceptors (Lipinski definition) is 1. The van der Waals surface area contributed by atoms with Crippen LogP contribution in [-0.4, -0.2) is 0 Å². The van der Waals surface area contributed by atoms with Gasteiger partial charge in [-0.1, -0.05) is 11.6 Å². The summed E-state index contributed by atoms with van der Waals surface area (Å²) < 4.78 is 5.17. The van der Waals surface area contributed by atoms with E-state index < -0.39 is 0 Å². The second-order valence-corrected chi connectivity index (χ2v) is 2.39. The van der Waals surface area contributed by atoms with Crippen molar-refractivity contribution < 1.29 is 4.42 Å². The molecule has 0 radical (unpaired) electrons. The molecule has 1 nitrogen and oxygen atoms in total. The Labute approximate surface area is 61.4 Å². The summed E-state index contributed by atoms with van der Waals surface area (Å²) in [6, 6.07) is 3.91. The second kappa shape index (κ2) is 3.25. The van der Waals surface area contributed by atoms with E-state index in [0.29, 0.717) is 0 Å². The molecule has 0 aliphatic carbocycles. The van der Waals surface area contributed by atoms with Crippen LogP contribution in [-0.2, 0) is 6.42 Å². The first-order valence-electron chi connectivity index (χ1n) is 3.47. The van der Waals surface area contributed by atoms with Gasteiger partial charge in [-0.15, -0.1) is 0 Å². The highest BCUT2D eigenvalue weighted by Gasteiger charge is 1.94. The van der Waals surface area contributed by atoms with E-state index in [1.165, 1.54) is 5.57 Å². The van der Waals surface area contributed by atoms with E-state index in [0.717, 1.165) is 12.2 Å². The lowest BCUT2D eigenvalue weighted by atomic mass is 10.2. The van der Waals surface area contributed by atoms with Crippen LogP contribution in [0.15, 0.2) is 34.5 Å². The number of rotatable bonds is 2. The van der Waals surface area contributed by atoms with Gasteiger partial charge in [-0.2, -0.15) is 0 Å². The Morgan fingerprint density at radius 1 is 1.70 bits per heavy atom. The average Bonchev–Trinajstić information content (AvgIpc) is 2.40. The predicted molar refractivity (Wildman–Crippen MR) is 41.8 cm³/mol. The van der Waals surface area contributed by atoms with E-state index in [1.54, 1.807) is 6.26 Å². The lowest BCUT2D eigenvalue weighted by Crippen LogP contribution is -1.81. The Hall–Kier alpha value is -0.980. The largest absolute Gasteiger partial charge is 0.469 e. The predicted octanol–water partition coefficient (Wildman–Crippen LogP) is 2.79. The average molecular weight is 136 g/mol. The summed E-state index contributed by atoms with van der Waals surface area (Å²) in [4.78, 5) is 0. The molecule has 0 saturated heterocycles. The van der Waals surface area contributed by atoms with E-state index in [9.17, 15) is 0 Å². The van der Waals surface area contributed by atoms with Gasteiger partial charge in [0.05, 0.1) is 6.26 Å². The van der Waals surface area contributed by atoms with Crippen molar-refractivity contribution in [2.24, 2.45) is 0 Å². The van der Waals surface area contributed by atoms with Crippen molar-refractivity contribution in [3.05, 3.63) is 35.8 Å². The third-order valence-electron chi connectivity index (χ3n) is 1.53. The highest BCUT2D eigenvalue weighted by molar-refractivity contribution is 5.09. The Morgan fingerprint density at radius 3 is 3.00 bits per heavy atom. The topological polar surface area (TPSA) is 13.1 Å². The zero-order valence-electron chi connectivity index (χ0n) is 6.42. The van der Waals surface area contributed by atoms with Gasteiger partial charge in [0, 0.05) is 6.42 Å². The van der Waals surface area contributed by atoms with Crippen LogP contribution in [0.4, 0.5) is 0 Å². The molecule has 0 atom stereocenters. The fourth-order valence-corrected chi connectivity index (χ4v) is 0.790. The third-order valence-corrected chi connectivity index (χ3v) is 1.53. The molecule has 0 aliphatic heterocycles. The van der Waals surface area contributed by atoms with Crippen LogP contribution in [0, 0.1) is 0 Å². The fraction of sp³-hybridized carbons (Fsp3) is 0.333. The minimum absolute atomic E-state index is 0.934. The van der Waals surface area contributed by atoms with Crippen molar-refractivity contribution in [3.63, 3.8) is 0 Å². The molecule has 1 aromatic heterocycles. The van der Waals surface area contributed by atoms with Gasteiger partial charge in [0.15, 0.2) is 0 Å². The molecule has 0 saturated carbocycles. The quantitative estimate of drug-likeness (QED) is 0.570. The number of furan rings is 1. The highest BCUT2D eigenvalue weighted by Crippen LogP contribution is 2.06. The standard InChI is InChI=1S/C9H12O/c1-3-8(2)7-9-5-4-6-10-9/h3-6H,7H2,1-2H3. The van der Waals surface area contributed by atoms with Crippen molar-refractivity contribution in [1.29, 1.82) is 0 Å². The van der Waals surface area contributed by atoms with Crippen LogP contribution in [0.2, 0.25) is 0 Å². The van der Waals surface area contributed by atoms with E-state index in [1.807, 2.05) is 19.1 Å². The Balaban J connectivity index is 2.56. The molecule has 0 aromatic carbocycles. The van der Waals surface area contributed by atoms with Gasteiger partial charge in [-0.05, 0) is 26.0 Å². The van der Waals surface area contributed by atoms with Crippen molar-refractivity contribution in [3.8, 4) is 0 Å². The van der Waals surface area contributed by atoms with Crippen LogP contribution < -0.4 is 0 Å². The molecule has 54 valence electrons. The van der Waals surface area contributed by atoms with E-state index in [2.05, 4.69) is 13.0 Å². The number of hydrogen-bond donors (Lipinski definition) is 0. The van der Waals surface area contributed by atoms with Crippen LogP contribution in [0.5, 0.6) is 0 Å². The summed E-state index contributed by atoms with van der Waals surface area (Å²) in [6.07, 6.45) is 4.74. The third kappa shape index (κ3) is 1.76. The molecule has 1 heterocycles. The SMILES string of the molecule is CC=C(C)Cc1ccco1. The maximum atomic E-state index is 5.17. The van der Waals surface area contributed by atoms with Crippen LogP contribution >= 0.6 is 0 Å².